The van der Waals surface area contributed by atoms with Crippen LogP contribution in [0.1, 0.15) is 33.6 Å². The average Bonchev–Trinajstić information content (AvgIpc) is 3.48. The summed E-state index contributed by atoms with van der Waals surface area (Å²) in [6, 6.07) is -1.33. The topological polar surface area (TPSA) is 111 Å². The Morgan fingerprint density at radius 1 is 1.40 bits per heavy atom. The molecule has 1 saturated carbocycles. The first-order valence-corrected chi connectivity index (χ1v) is 11.3. The van der Waals surface area contributed by atoms with Gasteiger partial charge in [0.2, 0.25) is 5.91 Å². The van der Waals surface area contributed by atoms with E-state index in [1.54, 1.807) is 6.92 Å². The maximum atomic E-state index is 11.4. The molecular formula is C22H31N2O5S+. The zero-order valence-electron chi connectivity index (χ0n) is 17.6. The minimum absolute atomic E-state index is 0.126. The molecule has 5 atom stereocenters. The van der Waals surface area contributed by atoms with Crippen LogP contribution in [0.15, 0.2) is 46.6 Å². The van der Waals surface area contributed by atoms with E-state index in [2.05, 4.69) is 17.5 Å². The number of carboxylic acid groups (broad SMARTS) is 1. The first kappa shape index (κ1) is 22.8. The van der Waals surface area contributed by atoms with Crippen molar-refractivity contribution >= 4 is 23.6 Å². The van der Waals surface area contributed by atoms with Crippen LogP contribution in [0.5, 0.6) is 0 Å². The van der Waals surface area contributed by atoms with Crippen molar-refractivity contribution in [2.45, 2.75) is 57.4 Å². The number of hydrogen-bond acceptors (Lipinski definition) is 5. The number of aliphatic hydroxyl groups excluding tert-OH is 1. The Morgan fingerprint density at radius 3 is 2.70 bits per heavy atom. The zero-order valence-corrected chi connectivity index (χ0v) is 18.4. The van der Waals surface area contributed by atoms with Crippen molar-refractivity contribution < 1.29 is 29.8 Å². The molecule has 1 unspecified atom stereocenters. The summed E-state index contributed by atoms with van der Waals surface area (Å²) in [5.74, 6) is -0.722. The number of thioether (sulfide) groups is 1. The quantitative estimate of drug-likeness (QED) is 0.353. The fraction of sp³-hybridized carbons (Fsp3) is 0.545. The van der Waals surface area contributed by atoms with Gasteiger partial charge in [-0.15, -0.1) is 11.8 Å². The number of carboxylic acids is 1. The van der Waals surface area contributed by atoms with E-state index in [0.717, 1.165) is 15.4 Å². The van der Waals surface area contributed by atoms with E-state index in [1.807, 2.05) is 25.2 Å². The summed E-state index contributed by atoms with van der Waals surface area (Å²) < 4.78 is 0. The number of rotatable bonds is 8. The molecule has 1 aliphatic carbocycles. The van der Waals surface area contributed by atoms with Crippen LogP contribution in [0.25, 0.3) is 0 Å². The molecule has 2 fully saturated rings. The minimum Gasteiger partial charge on any atom is -0.480 e. The van der Waals surface area contributed by atoms with Gasteiger partial charge in [0.25, 0.3) is 0 Å². The van der Waals surface area contributed by atoms with Crippen molar-refractivity contribution in [1.29, 1.82) is 0 Å². The highest BCUT2D eigenvalue weighted by Crippen LogP contribution is 2.35. The van der Waals surface area contributed by atoms with Gasteiger partial charge < -0.3 is 20.6 Å². The lowest BCUT2D eigenvalue weighted by Gasteiger charge is -2.26. The lowest BCUT2D eigenvalue weighted by Crippen LogP contribution is -3.13. The fourth-order valence-corrected chi connectivity index (χ4v) is 5.27. The van der Waals surface area contributed by atoms with E-state index in [4.69, 9.17) is 0 Å². The molecule has 164 valence electrons. The Balaban J connectivity index is 1.83. The maximum absolute atomic E-state index is 11.4. The predicted octanol–water partition coefficient (Wildman–Crippen LogP) is 0.382. The Morgan fingerprint density at radius 2 is 2.10 bits per heavy atom. The highest BCUT2D eigenvalue weighted by Gasteiger charge is 2.57. The maximum Gasteiger partial charge on any atom is 0.327 e. The molecule has 0 spiro atoms. The first-order chi connectivity index (χ1) is 14.1. The molecule has 1 amide bonds. The Kier molecular flexibility index (Phi) is 6.91. The van der Waals surface area contributed by atoms with Crippen LogP contribution >= 0.6 is 11.8 Å². The van der Waals surface area contributed by atoms with Crippen molar-refractivity contribution in [2.75, 3.05) is 12.3 Å². The minimum atomic E-state index is -1.43. The third kappa shape index (κ3) is 5.06. The van der Waals surface area contributed by atoms with Gasteiger partial charge in [-0.05, 0) is 56.4 Å². The van der Waals surface area contributed by atoms with Gasteiger partial charge >= 0.3 is 5.97 Å². The fourth-order valence-electron chi connectivity index (χ4n) is 4.02. The van der Waals surface area contributed by atoms with Crippen LogP contribution < -0.4 is 10.2 Å². The number of carbonyl (C=O) groups excluding carboxylic acids is 1. The summed E-state index contributed by atoms with van der Waals surface area (Å²) in [7, 11) is 0. The highest BCUT2D eigenvalue weighted by atomic mass is 32.2. The van der Waals surface area contributed by atoms with Gasteiger partial charge in [0, 0.05) is 12.7 Å². The van der Waals surface area contributed by atoms with Crippen molar-refractivity contribution in [3.8, 4) is 0 Å². The molecule has 2 heterocycles. The molecule has 7 nitrogen and oxygen atoms in total. The Hall–Kier alpha value is -1.87. The summed E-state index contributed by atoms with van der Waals surface area (Å²) in [4.78, 5) is 24.4. The van der Waals surface area contributed by atoms with Crippen LogP contribution in [-0.4, -0.2) is 63.3 Å². The van der Waals surface area contributed by atoms with E-state index in [-0.39, 0.29) is 11.8 Å². The van der Waals surface area contributed by atoms with Gasteiger partial charge in [-0.1, -0.05) is 12.2 Å². The molecule has 0 aromatic carbocycles. The number of quaternary nitrogens is 1. The number of aliphatic hydroxyl groups is 2. The molecule has 3 rings (SSSR count). The second-order valence-corrected chi connectivity index (χ2v) is 9.56. The van der Waals surface area contributed by atoms with Gasteiger partial charge in [0.05, 0.1) is 4.91 Å². The number of allylic oxidation sites excluding steroid dienone is 4. The van der Waals surface area contributed by atoms with Crippen molar-refractivity contribution in [3.63, 3.8) is 0 Å². The molecule has 0 aromatic heterocycles. The van der Waals surface area contributed by atoms with Crippen LogP contribution in [-0.2, 0) is 9.59 Å². The average molecular weight is 436 g/mol. The lowest BCUT2D eigenvalue weighted by molar-refractivity contribution is -0.868. The molecule has 30 heavy (non-hydrogen) atoms. The van der Waals surface area contributed by atoms with Crippen LogP contribution in [0.4, 0.5) is 0 Å². The number of nitrogens with one attached hydrogen (secondary N) is 2. The third-order valence-corrected chi connectivity index (χ3v) is 6.93. The molecule has 8 heteroatoms. The van der Waals surface area contributed by atoms with Gasteiger partial charge in [-0.2, -0.15) is 0 Å². The number of carbonyl (C=O) groups is 2. The molecule has 2 aliphatic heterocycles. The zero-order chi connectivity index (χ0) is 22.1. The van der Waals surface area contributed by atoms with Gasteiger partial charge in [0.15, 0.2) is 11.3 Å². The molecule has 5 N–H and O–H groups in total. The summed E-state index contributed by atoms with van der Waals surface area (Å²) in [6.45, 7) is 5.52. The smallest absolute Gasteiger partial charge is 0.327 e. The van der Waals surface area contributed by atoms with E-state index in [0.29, 0.717) is 18.2 Å². The van der Waals surface area contributed by atoms with E-state index in [1.165, 1.54) is 31.5 Å². The third-order valence-electron chi connectivity index (χ3n) is 5.78. The van der Waals surface area contributed by atoms with Crippen LogP contribution in [0.3, 0.4) is 0 Å². The number of hydrogen-bond donors (Lipinski definition) is 5. The largest absolute Gasteiger partial charge is 0.480 e. The second-order valence-electron chi connectivity index (χ2n) is 8.50. The lowest BCUT2D eigenvalue weighted by atomic mass is 9.95. The van der Waals surface area contributed by atoms with Crippen molar-refractivity contribution in [2.24, 2.45) is 5.92 Å². The molecular weight excluding hydrogens is 404 g/mol. The van der Waals surface area contributed by atoms with E-state index in [9.17, 15) is 24.9 Å². The summed E-state index contributed by atoms with van der Waals surface area (Å²) in [5.41, 5.74) is 0.294. The summed E-state index contributed by atoms with van der Waals surface area (Å²) >= 11 is 1.27. The van der Waals surface area contributed by atoms with Crippen molar-refractivity contribution in [1.82, 2.24) is 5.32 Å². The molecule has 1 saturated heterocycles. The van der Waals surface area contributed by atoms with Crippen molar-refractivity contribution in [3.05, 3.63) is 46.6 Å². The first-order valence-electron chi connectivity index (χ1n) is 10.3. The molecule has 0 radical (unpaired) electrons. The SMILES string of the molecule is CC(=O)N[C@@H](CSC1=C2[NH+](CC=C1)[C@@H](/C=C(C)/C=C/C1CC1)[C@H](O)[C@@]2(C)O)C(=O)O. The Labute approximate surface area is 181 Å². The van der Waals surface area contributed by atoms with E-state index >= 15 is 0 Å². The van der Waals surface area contributed by atoms with Gasteiger partial charge in [-0.3, -0.25) is 9.69 Å². The van der Waals surface area contributed by atoms with Gasteiger partial charge in [0.1, 0.15) is 24.7 Å². The number of amides is 1. The Bertz CT molecular complexity index is 825. The van der Waals surface area contributed by atoms with Gasteiger partial charge in [-0.25, -0.2) is 4.79 Å². The monoisotopic (exact) mass is 435 g/mol. The van der Waals surface area contributed by atoms with Crippen LogP contribution in [0.2, 0.25) is 0 Å². The molecule has 3 aliphatic rings. The standard InChI is InChI=1S/C22H30N2O5S/c1-13(6-7-15-8-9-15)11-17-20(26)22(3,29)19-18(5-4-10-24(17)19)30-12-16(21(27)28)23-14(2)25/h4-7,11,15-17,20,26,29H,8-10,12H2,1-3H3,(H,23,25)(H,27,28)/p+1/b7-6+,13-11+/t16-,17-,20-,22-/m0/s1. The molecule has 0 bridgehead atoms. The predicted molar refractivity (Wildman–Crippen MR) is 116 cm³/mol. The number of aliphatic carboxylic acids is 1. The molecule has 0 aromatic rings. The number of fused-ring (bicyclic) bond motifs is 1. The summed E-state index contributed by atoms with van der Waals surface area (Å²) in [5, 5.41) is 33.9. The summed E-state index contributed by atoms with van der Waals surface area (Å²) in [6.07, 6.45) is 11.6. The highest BCUT2D eigenvalue weighted by molar-refractivity contribution is 8.03. The second kappa shape index (κ2) is 9.09. The normalized spacial score (nSPS) is 32.4. The van der Waals surface area contributed by atoms with E-state index < -0.39 is 29.6 Å². The van der Waals surface area contributed by atoms with Crippen LogP contribution in [0, 0.1) is 5.92 Å².